The summed E-state index contributed by atoms with van der Waals surface area (Å²) in [6, 6.07) is 0. The maximum atomic E-state index is 12.1. The number of rotatable bonds is 16. The highest BCUT2D eigenvalue weighted by molar-refractivity contribution is 5.99. The predicted octanol–water partition coefficient (Wildman–Crippen LogP) is 5.82. The highest BCUT2D eigenvalue weighted by Gasteiger charge is 2.39. The third kappa shape index (κ3) is 12.0. The van der Waals surface area contributed by atoms with Gasteiger partial charge in [0, 0.05) is 0 Å². The molecule has 0 fully saturated rings. The van der Waals surface area contributed by atoms with Crippen molar-refractivity contribution in [3.05, 3.63) is 0 Å². The Morgan fingerprint density at radius 3 is 1.28 bits per heavy atom. The van der Waals surface area contributed by atoms with Gasteiger partial charge in [-0.2, -0.15) is 0 Å². The van der Waals surface area contributed by atoms with E-state index in [0.29, 0.717) is 13.2 Å². The molecule has 0 saturated carbocycles. The first-order valence-electron chi connectivity index (χ1n) is 10.3. The molecule has 148 valence electrons. The van der Waals surface area contributed by atoms with E-state index in [4.69, 9.17) is 9.47 Å². The lowest BCUT2D eigenvalue weighted by molar-refractivity contribution is -0.169. The van der Waals surface area contributed by atoms with E-state index < -0.39 is 17.4 Å². The van der Waals surface area contributed by atoms with Crippen LogP contribution in [0.4, 0.5) is 0 Å². The van der Waals surface area contributed by atoms with Crippen molar-refractivity contribution >= 4 is 11.9 Å². The molecule has 0 saturated heterocycles. The van der Waals surface area contributed by atoms with Crippen molar-refractivity contribution in [3.8, 4) is 0 Å². The molecule has 0 aromatic carbocycles. The van der Waals surface area contributed by atoms with Crippen molar-refractivity contribution in [2.24, 2.45) is 5.41 Å². The Hall–Kier alpha value is -1.06. The van der Waals surface area contributed by atoms with Gasteiger partial charge in [-0.3, -0.25) is 9.59 Å². The monoisotopic (exact) mass is 356 g/mol. The second kappa shape index (κ2) is 15.2. The van der Waals surface area contributed by atoms with Crippen LogP contribution in [0.3, 0.4) is 0 Å². The Balaban J connectivity index is 3.82. The summed E-state index contributed by atoms with van der Waals surface area (Å²) in [5.74, 6) is -0.956. The van der Waals surface area contributed by atoms with Gasteiger partial charge < -0.3 is 9.47 Å². The van der Waals surface area contributed by atoms with Gasteiger partial charge in [0.2, 0.25) is 0 Å². The number of unbranched alkanes of at least 4 members (excludes halogenated alkanes) is 10. The van der Waals surface area contributed by atoms with Gasteiger partial charge in [0.1, 0.15) is 0 Å². The van der Waals surface area contributed by atoms with Crippen molar-refractivity contribution in [2.45, 2.75) is 105 Å². The van der Waals surface area contributed by atoms with E-state index in [1.165, 1.54) is 51.4 Å². The lowest BCUT2D eigenvalue weighted by Gasteiger charge is -2.20. The first kappa shape index (κ1) is 23.9. The average molecular weight is 357 g/mol. The summed E-state index contributed by atoms with van der Waals surface area (Å²) in [5, 5.41) is 0. The molecule has 0 atom stereocenters. The Morgan fingerprint density at radius 1 is 0.600 bits per heavy atom. The van der Waals surface area contributed by atoms with Gasteiger partial charge in [-0.15, -0.1) is 0 Å². The molecule has 0 bridgehead atoms. The molecular weight excluding hydrogens is 316 g/mol. The molecule has 4 nitrogen and oxygen atoms in total. The minimum absolute atomic E-state index is 0.388. The van der Waals surface area contributed by atoms with E-state index in [1.807, 2.05) is 0 Å². The number of esters is 2. The van der Waals surface area contributed by atoms with Crippen LogP contribution in [0.2, 0.25) is 0 Å². The van der Waals surface area contributed by atoms with Crippen LogP contribution in [0.1, 0.15) is 105 Å². The molecule has 0 unspecified atom stereocenters. The zero-order valence-corrected chi connectivity index (χ0v) is 17.0. The van der Waals surface area contributed by atoms with Crippen LogP contribution in [0.25, 0.3) is 0 Å². The molecule has 0 spiro atoms. The molecular formula is C21H40O4. The first-order valence-corrected chi connectivity index (χ1v) is 10.3. The molecule has 0 aliphatic heterocycles. The molecule has 4 heteroatoms. The first-order chi connectivity index (χ1) is 12.0. The SMILES string of the molecule is CCCCCCCCOC(=O)C(C)(C)C(=O)OCCCCCCCC. The molecule has 0 heterocycles. The molecule has 0 rings (SSSR count). The molecule has 0 aliphatic carbocycles. The Bertz CT molecular complexity index is 318. The molecule has 0 radical (unpaired) electrons. The maximum absolute atomic E-state index is 12.1. The fourth-order valence-electron chi connectivity index (χ4n) is 2.54. The Labute approximate surface area is 155 Å². The maximum Gasteiger partial charge on any atom is 0.322 e. The van der Waals surface area contributed by atoms with Gasteiger partial charge in [-0.05, 0) is 26.7 Å². The third-order valence-corrected chi connectivity index (χ3v) is 4.48. The smallest absolute Gasteiger partial charge is 0.322 e. The van der Waals surface area contributed by atoms with Gasteiger partial charge >= 0.3 is 11.9 Å². The number of carbonyl (C=O) groups is 2. The second-order valence-corrected chi connectivity index (χ2v) is 7.43. The van der Waals surface area contributed by atoms with Crippen LogP contribution in [-0.2, 0) is 19.1 Å². The summed E-state index contributed by atoms with van der Waals surface area (Å²) in [6.07, 6.45) is 13.7. The lowest BCUT2D eigenvalue weighted by Crippen LogP contribution is -2.37. The van der Waals surface area contributed by atoms with E-state index in [2.05, 4.69) is 13.8 Å². The molecule has 0 aromatic heterocycles. The van der Waals surface area contributed by atoms with Gasteiger partial charge in [0.25, 0.3) is 0 Å². The van der Waals surface area contributed by atoms with Crippen LogP contribution in [0, 0.1) is 5.41 Å². The number of hydrogen-bond donors (Lipinski definition) is 0. The van der Waals surface area contributed by atoms with Crippen molar-refractivity contribution in [1.29, 1.82) is 0 Å². The molecule has 0 N–H and O–H groups in total. The standard InChI is InChI=1S/C21H40O4/c1-5-7-9-11-13-15-17-24-19(22)21(3,4)20(23)25-18-16-14-12-10-8-6-2/h5-18H2,1-4H3. The normalized spacial score (nSPS) is 11.4. The number of carbonyl (C=O) groups excluding carboxylic acids is 2. The fraction of sp³-hybridized carbons (Fsp3) is 0.905. The van der Waals surface area contributed by atoms with Gasteiger partial charge in [-0.1, -0.05) is 78.1 Å². The predicted molar refractivity (Wildman–Crippen MR) is 102 cm³/mol. The zero-order chi connectivity index (χ0) is 19.0. The van der Waals surface area contributed by atoms with Crippen LogP contribution >= 0.6 is 0 Å². The lowest BCUT2D eigenvalue weighted by atomic mass is 9.94. The van der Waals surface area contributed by atoms with Crippen LogP contribution in [0.5, 0.6) is 0 Å². The summed E-state index contributed by atoms with van der Waals surface area (Å²) in [5.41, 5.74) is -1.22. The van der Waals surface area contributed by atoms with E-state index in [1.54, 1.807) is 13.8 Å². The van der Waals surface area contributed by atoms with Gasteiger partial charge in [0.05, 0.1) is 13.2 Å². The Kier molecular flexibility index (Phi) is 14.6. The van der Waals surface area contributed by atoms with Gasteiger partial charge in [0.15, 0.2) is 5.41 Å². The van der Waals surface area contributed by atoms with E-state index >= 15 is 0 Å². The van der Waals surface area contributed by atoms with Crippen LogP contribution in [0.15, 0.2) is 0 Å². The summed E-state index contributed by atoms with van der Waals surface area (Å²) in [6.45, 7) is 8.32. The minimum Gasteiger partial charge on any atom is -0.465 e. The van der Waals surface area contributed by atoms with Crippen molar-refractivity contribution in [3.63, 3.8) is 0 Å². The summed E-state index contributed by atoms with van der Waals surface area (Å²) in [7, 11) is 0. The van der Waals surface area contributed by atoms with Crippen molar-refractivity contribution in [2.75, 3.05) is 13.2 Å². The fourth-order valence-corrected chi connectivity index (χ4v) is 2.54. The minimum atomic E-state index is -1.22. The summed E-state index contributed by atoms with van der Waals surface area (Å²) < 4.78 is 10.5. The van der Waals surface area contributed by atoms with Crippen LogP contribution < -0.4 is 0 Å². The number of ether oxygens (including phenoxy) is 2. The third-order valence-electron chi connectivity index (χ3n) is 4.48. The molecule has 0 aliphatic rings. The average Bonchev–Trinajstić information content (AvgIpc) is 2.59. The topological polar surface area (TPSA) is 52.6 Å². The zero-order valence-electron chi connectivity index (χ0n) is 17.0. The van der Waals surface area contributed by atoms with E-state index in [0.717, 1.165) is 25.7 Å². The molecule has 25 heavy (non-hydrogen) atoms. The van der Waals surface area contributed by atoms with E-state index in [9.17, 15) is 9.59 Å². The molecule has 0 aromatic rings. The quantitative estimate of drug-likeness (QED) is 0.199. The molecule has 0 amide bonds. The number of hydrogen-bond acceptors (Lipinski definition) is 4. The Morgan fingerprint density at radius 2 is 0.920 bits per heavy atom. The van der Waals surface area contributed by atoms with Crippen LogP contribution in [-0.4, -0.2) is 25.2 Å². The van der Waals surface area contributed by atoms with Crippen molar-refractivity contribution in [1.82, 2.24) is 0 Å². The van der Waals surface area contributed by atoms with Crippen molar-refractivity contribution < 1.29 is 19.1 Å². The highest BCUT2D eigenvalue weighted by atomic mass is 16.6. The second-order valence-electron chi connectivity index (χ2n) is 7.43. The highest BCUT2D eigenvalue weighted by Crippen LogP contribution is 2.20. The van der Waals surface area contributed by atoms with E-state index in [-0.39, 0.29) is 0 Å². The summed E-state index contributed by atoms with van der Waals surface area (Å²) in [4.78, 5) is 24.3. The summed E-state index contributed by atoms with van der Waals surface area (Å²) >= 11 is 0. The van der Waals surface area contributed by atoms with Gasteiger partial charge in [-0.25, -0.2) is 0 Å². The largest absolute Gasteiger partial charge is 0.465 e.